The zero-order chi connectivity index (χ0) is 12.0. The van der Waals surface area contributed by atoms with Crippen molar-refractivity contribution in [1.82, 2.24) is 14.6 Å². The van der Waals surface area contributed by atoms with Crippen LogP contribution < -0.4 is 4.90 Å². The number of hydrogen-bond donors (Lipinski definition) is 0. The molecule has 0 atom stereocenters. The van der Waals surface area contributed by atoms with Crippen molar-refractivity contribution in [3.63, 3.8) is 0 Å². The van der Waals surface area contributed by atoms with Crippen molar-refractivity contribution in [2.24, 2.45) is 5.92 Å². The van der Waals surface area contributed by atoms with Crippen molar-refractivity contribution in [3.8, 4) is 0 Å². The standard InChI is InChI=1S/C11H11BrN4O/c1-15(11(17)7-2-3-7)10-6-16-9(5-13-10)8(12)4-14-16/h4-7H,2-3H2,1H3. The fourth-order valence-corrected chi connectivity index (χ4v) is 2.11. The largest absolute Gasteiger partial charge is 0.298 e. The topological polar surface area (TPSA) is 50.5 Å². The third-order valence-corrected chi connectivity index (χ3v) is 3.56. The molecule has 2 aromatic heterocycles. The molecule has 2 aromatic rings. The van der Waals surface area contributed by atoms with Crippen LogP contribution in [0.15, 0.2) is 23.1 Å². The molecule has 0 aliphatic heterocycles. The number of anilines is 1. The smallest absolute Gasteiger partial charge is 0.231 e. The van der Waals surface area contributed by atoms with E-state index in [9.17, 15) is 4.79 Å². The Balaban J connectivity index is 1.96. The second kappa shape index (κ2) is 3.80. The van der Waals surface area contributed by atoms with Gasteiger partial charge in [-0.1, -0.05) is 0 Å². The van der Waals surface area contributed by atoms with Gasteiger partial charge in [0, 0.05) is 13.0 Å². The molecule has 0 aromatic carbocycles. The molecule has 2 heterocycles. The lowest BCUT2D eigenvalue weighted by Crippen LogP contribution is -2.28. The van der Waals surface area contributed by atoms with Gasteiger partial charge in [-0.05, 0) is 28.8 Å². The first-order valence-corrected chi connectivity index (χ1v) is 6.22. The van der Waals surface area contributed by atoms with E-state index in [4.69, 9.17) is 0 Å². The van der Waals surface area contributed by atoms with Gasteiger partial charge in [-0.15, -0.1) is 0 Å². The number of carbonyl (C=O) groups is 1. The monoisotopic (exact) mass is 294 g/mol. The maximum Gasteiger partial charge on any atom is 0.231 e. The molecule has 0 N–H and O–H groups in total. The lowest BCUT2D eigenvalue weighted by Gasteiger charge is -2.15. The maximum atomic E-state index is 11.9. The summed E-state index contributed by atoms with van der Waals surface area (Å²) in [5.74, 6) is 0.968. The van der Waals surface area contributed by atoms with E-state index in [1.807, 2.05) is 0 Å². The first-order chi connectivity index (χ1) is 8.16. The van der Waals surface area contributed by atoms with Crippen LogP contribution in [0, 0.1) is 5.92 Å². The molecule has 88 valence electrons. The number of nitrogens with zero attached hydrogens (tertiary/aromatic N) is 4. The zero-order valence-corrected chi connectivity index (χ0v) is 10.9. The molecule has 1 amide bonds. The Kier molecular flexibility index (Phi) is 2.39. The summed E-state index contributed by atoms with van der Waals surface area (Å²) in [5, 5.41) is 4.17. The van der Waals surface area contributed by atoms with Gasteiger partial charge in [-0.3, -0.25) is 9.69 Å². The van der Waals surface area contributed by atoms with Crippen molar-refractivity contribution in [1.29, 1.82) is 0 Å². The first-order valence-electron chi connectivity index (χ1n) is 5.43. The summed E-state index contributed by atoms with van der Waals surface area (Å²) in [6.07, 6.45) is 7.18. The van der Waals surface area contributed by atoms with Gasteiger partial charge in [0.05, 0.1) is 28.6 Å². The van der Waals surface area contributed by atoms with Crippen LogP contribution in [0.1, 0.15) is 12.8 Å². The van der Waals surface area contributed by atoms with Crippen LogP contribution in [0.25, 0.3) is 5.52 Å². The Morgan fingerprint density at radius 1 is 1.53 bits per heavy atom. The zero-order valence-electron chi connectivity index (χ0n) is 9.30. The van der Waals surface area contributed by atoms with Gasteiger partial charge in [-0.2, -0.15) is 5.10 Å². The first kappa shape index (κ1) is 10.7. The molecule has 0 radical (unpaired) electrons. The van der Waals surface area contributed by atoms with Crippen LogP contribution in [-0.4, -0.2) is 27.6 Å². The van der Waals surface area contributed by atoms with E-state index < -0.39 is 0 Å². The summed E-state index contributed by atoms with van der Waals surface area (Å²) in [4.78, 5) is 17.8. The van der Waals surface area contributed by atoms with Crippen LogP contribution in [0.4, 0.5) is 5.82 Å². The Hall–Kier alpha value is -1.43. The van der Waals surface area contributed by atoms with Crippen molar-refractivity contribution in [2.45, 2.75) is 12.8 Å². The van der Waals surface area contributed by atoms with Crippen LogP contribution >= 0.6 is 15.9 Å². The number of aromatic nitrogens is 3. The highest BCUT2D eigenvalue weighted by Gasteiger charge is 2.33. The van der Waals surface area contributed by atoms with Gasteiger partial charge in [-0.25, -0.2) is 9.50 Å². The van der Waals surface area contributed by atoms with Gasteiger partial charge in [0.1, 0.15) is 0 Å². The molecule has 3 rings (SSSR count). The van der Waals surface area contributed by atoms with E-state index in [1.165, 1.54) is 0 Å². The minimum Gasteiger partial charge on any atom is -0.298 e. The average Bonchev–Trinajstić information content (AvgIpc) is 3.13. The van der Waals surface area contributed by atoms with Crippen molar-refractivity contribution in [2.75, 3.05) is 11.9 Å². The van der Waals surface area contributed by atoms with E-state index in [1.54, 1.807) is 35.1 Å². The molecule has 0 saturated heterocycles. The Labute approximate surface area is 107 Å². The molecule has 1 aliphatic carbocycles. The Morgan fingerprint density at radius 3 is 3.00 bits per heavy atom. The predicted octanol–water partition coefficient (Wildman–Crippen LogP) is 1.86. The molecular weight excluding hydrogens is 284 g/mol. The molecular formula is C11H11BrN4O. The van der Waals surface area contributed by atoms with Crippen molar-refractivity contribution < 1.29 is 4.79 Å². The summed E-state index contributed by atoms with van der Waals surface area (Å²) in [7, 11) is 1.76. The van der Waals surface area contributed by atoms with Crippen molar-refractivity contribution in [3.05, 3.63) is 23.1 Å². The molecule has 0 unspecified atom stereocenters. The fourth-order valence-electron chi connectivity index (χ4n) is 1.73. The number of amides is 1. The number of halogens is 1. The molecule has 1 aliphatic rings. The molecule has 0 spiro atoms. The lowest BCUT2D eigenvalue weighted by atomic mass is 10.3. The number of carbonyl (C=O) groups excluding carboxylic acids is 1. The van der Waals surface area contributed by atoms with Crippen LogP contribution in [0.5, 0.6) is 0 Å². The number of hydrogen-bond acceptors (Lipinski definition) is 3. The van der Waals surface area contributed by atoms with E-state index in [-0.39, 0.29) is 11.8 Å². The summed E-state index contributed by atoms with van der Waals surface area (Å²) in [6, 6.07) is 0. The van der Waals surface area contributed by atoms with Crippen LogP contribution in [0.3, 0.4) is 0 Å². The van der Waals surface area contributed by atoms with Crippen molar-refractivity contribution >= 4 is 33.2 Å². The summed E-state index contributed by atoms with van der Waals surface area (Å²) in [6.45, 7) is 0. The normalized spacial score (nSPS) is 15.2. The average molecular weight is 295 g/mol. The van der Waals surface area contributed by atoms with Gasteiger partial charge in [0.2, 0.25) is 5.91 Å². The molecule has 17 heavy (non-hydrogen) atoms. The van der Waals surface area contributed by atoms with Crippen LogP contribution in [0.2, 0.25) is 0 Å². The minimum absolute atomic E-state index is 0.142. The maximum absolute atomic E-state index is 11.9. The molecule has 6 heteroatoms. The highest BCUT2D eigenvalue weighted by Crippen LogP contribution is 2.31. The second-order valence-corrected chi connectivity index (χ2v) is 5.09. The molecule has 1 saturated carbocycles. The quantitative estimate of drug-likeness (QED) is 0.850. The predicted molar refractivity (Wildman–Crippen MR) is 66.8 cm³/mol. The van der Waals surface area contributed by atoms with Gasteiger partial charge >= 0.3 is 0 Å². The van der Waals surface area contributed by atoms with Gasteiger partial charge in [0.15, 0.2) is 5.82 Å². The Bertz CT molecular complexity index is 590. The van der Waals surface area contributed by atoms with E-state index in [2.05, 4.69) is 26.0 Å². The summed E-state index contributed by atoms with van der Waals surface area (Å²) < 4.78 is 2.61. The van der Waals surface area contributed by atoms with E-state index in [0.717, 1.165) is 22.8 Å². The van der Waals surface area contributed by atoms with E-state index >= 15 is 0 Å². The van der Waals surface area contributed by atoms with Gasteiger partial charge in [0.25, 0.3) is 0 Å². The molecule has 1 fully saturated rings. The molecule has 5 nitrogen and oxygen atoms in total. The number of fused-ring (bicyclic) bond motifs is 1. The lowest BCUT2D eigenvalue weighted by molar-refractivity contribution is -0.119. The molecule has 0 bridgehead atoms. The Morgan fingerprint density at radius 2 is 2.29 bits per heavy atom. The second-order valence-electron chi connectivity index (χ2n) is 4.24. The van der Waals surface area contributed by atoms with Crippen LogP contribution in [-0.2, 0) is 4.79 Å². The highest BCUT2D eigenvalue weighted by atomic mass is 79.9. The number of rotatable bonds is 2. The SMILES string of the molecule is CN(C(=O)C1CC1)c1cn2ncc(Br)c2cn1. The van der Waals surface area contributed by atoms with E-state index in [0.29, 0.717) is 5.82 Å². The third-order valence-electron chi connectivity index (χ3n) is 2.94. The third kappa shape index (κ3) is 1.82. The summed E-state index contributed by atoms with van der Waals surface area (Å²) in [5.41, 5.74) is 0.890. The van der Waals surface area contributed by atoms with Gasteiger partial charge < -0.3 is 0 Å². The summed E-state index contributed by atoms with van der Waals surface area (Å²) >= 11 is 3.39. The highest BCUT2D eigenvalue weighted by molar-refractivity contribution is 9.10. The fraction of sp³-hybridized carbons (Fsp3) is 0.364. The minimum atomic E-state index is 0.142.